The molecule has 3 unspecified atom stereocenters. The van der Waals surface area contributed by atoms with Gasteiger partial charge in [0, 0.05) is 5.69 Å². The largest absolute Gasteiger partial charge is 0.484 e. The van der Waals surface area contributed by atoms with Crippen LogP contribution >= 0.6 is 11.6 Å². The average Bonchev–Trinajstić information content (AvgIpc) is 2.88. The third-order valence-electron chi connectivity index (χ3n) is 6.60. The quantitative estimate of drug-likeness (QED) is 0.319. The molecule has 1 amide bonds. The van der Waals surface area contributed by atoms with Crippen LogP contribution in [0.1, 0.15) is 20.8 Å². The number of nitrogens with one attached hydrogen (secondary N) is 1. The molecule has 7 nitrogen and oxygen atoms in total. The summed E-state index contributed by atoms with van der Waals surface area (Å²) in [6.45, 7) is 4.61. The molecule has 2 aromatic carbocycles. The SMILES string of the molecule is CC(C)OCC1CN(S(=O)(=O)c2ccc(F)cc2)c2cc(NC(=O)C3(C)C(C(F)(F)F)=CC=CC3Cl)ccc2O1. The van der Waals surface area contributed by atoms with Crippen LogP contribution in [0, 0.1) is 11.2 Å². The van der Waals surface area contributed by atoms with Crippen molar-refractivity contribution in [2.75, 3.05) is 22.8 Å². The van der Waals surface area contributed by atoms with Crippen molar-refractivity contribution in [3.63, 3.8) is 0 Å². The van der Waals surface area contributed by atoms with Gasteiger partial charge in [-0.05, 0) is 63.2 Å². The summed E-state index contributed by atoms with van der Waals surface area (Å²) in [6, 6.07) is 8.34. The van der Waals surface area contributed by atoms with Gasteiger partial charge in [-0.2, -0.15) is 13.2 Å². The predicted octanol–water partition coefficient (Wildman–Crippen LogP) is 5.82. The Kier molecular flexibility index (Phi) is 8.26. The summed E-state index contributed by atoms with van der Waals surface area (Å²) < 4.78 is 94.7. The number of alkyl halides is 4. The molecule has 1 aliphatic carbocycles. The number of allylic oxidation sites excluding steroid dienone is 3. The van der Waals surface area contributed by atoms with Crippen LogP contribution in [-0.2, 0) is 19.6 Å². The Balaban J connectivity index is 1.71. The third-order valence-corrected chi connectivity index (χ3v) is 8.97. The standard InChI is InChI=1S/C27H27ClF4N2O5S/c1-16(2)38-15-19-14-34(40(36,37)20-10-7-17(29)8-11-20)21-13-18(9-12-22(21)39-19)33-25(35)26(3)23(27(30,31)32)5-4-6-24(26)28/h4-13,16,19,24H,14-15H2,1-3H3,(H,33,35). The number of benzene rings is 2. The first-order valence-corrected chi connectivity index (χ1v) is 14.1. The Labute approximate surface area is 234 Å². The van der Waals surface area contributed by atoms with Crippen molar-refractivity contribution in [2.24, 2.45) is 5.41 Å². The topological polar surface area (TPSA) is 84.9 Å². The number of anilines is 2. The lowest BCUT2D eigenvalue weighted by atomic mass is 9.74. The second-order valence-electron chi connectivity index (χ2n) is 9.82. The van der Waals surface area contributed by atoms with E-state index in [9.17, 15) is 30.8 Å². The molecule has 13 heteroatoms. The minimum atomic E-state index is -4.82. The van der Waals surface area contributed by atoms with E-state index < -0.39 is 50.4 Å². The Morgan fingerprint density at radius 2 is 1.90 bits per heavy atom. The number of amides is 1. The fourth-order valence-electron chi connectivity index (χ4n) is 4.40. The van der Waals surface area contributed by atoms with Gasteiger partial charge in [0.15, 0.2) is 0 Å². The Hall–Kier alpha value is -3.09. The number of ether oxygens (including phenoxy) is 2. The number of fused-ring (bicyclic) bond motifs is 1. The van der Waals surface area contributed by atoms with Gasteiger partial charge in [-0.1, -0.05) is 18.2 Å². The zero-order valence-electron chi connectivity index (χ0n) is 21.7. The molecule has 2 aromatic rings. The van der Waals surface area contributed by atoms with Gasteiger partial charge >= 0.3 is 6.18 Å². The van der Waals surface area contributed by atoms with Crippen LogP contribution in [0.5, 0.6) is 5.75 Å². The maximum absolute atomic E-state index is 13.8. The molecule has 0 bridgehead atoms. The van der Waals surface area contributed by atoms with E-state index in [-0.39, 0.29) is 41.3 Å². The van der Waals surface area contributed by atoms with E-state index in [4.69, 9.17) is 21.1 Å². The van der Waals surface area contributed by atoms with Crippen LogP contribution in [-0.4, -0.2) is 51.2 Å². The summed E-state index contributed by atoms with van der Waals surface area (Å²) in [5.74, 6) is -1.51. The maximum atomic E-state index is 13.8. The number of hydrogen-bond donors (Lipinski definition) is 1. The van der Waals surface area contributed by atoms with Gasteiger partial charge in [-0.3, -0.25) is 9.10 Å². The number of halogens is 5. The molecule has 0 fully saturated rings. The monoisotopic (exact) mass is 602 g/mol. The molecular weight excluding hydrogens is 576 g/mol. The van der Waals surface area contributed by atoms with E-state index in [0.29, 0.717) is 0 Å². The first-order chi connectivity index (χ1) is 18.6. The molecule has 3 atom stereocenters. The molecular formula is C27H27ClF4N2O5S. The Morgan fingerprint density at radius 3 is 2.52 bits per heavy atom. The predicted molar refractivity (Wildman–Crippen MR) is 143 cm³/mol. The zero-order chi connectivity index (χ0) is 29.5. The summed E-state index contributed by atoms with van der Waals surface area (Å²) >= 11 is 6.20. The molecule has 4 rings (SSSR count). The molecule has 0 spiro atoms. The molecule has 0 saturated heterocycles. The number of nitrogens with zero attached hydrogens (tertiary/aromatic N) is 1. The lowest BCUT2D eigenvalue weighted by Crippen LogP contribution is -2.47. The summed E-state index contributed by atoms with van der Waals surface area (Å²) in [5.41, 5.74) is -3.23. The summed E-state index contributed by atoms with van der Waals surface area (Å²) in [5, 5.41) is 1.16. The number of sulfonamides is 1. The molecule has 1 aliphatic heterocycles. The second kappa shape index (κ2) is 11.1. The highest BCUT2D eigenvalue weighted by Crippen LogP contribution is 2.47. The lowest BCUT2D eigenvalue weighted by molar-refractivity contribution is -0.133. The smallest absolute Gasteiger partial charge is 0.413 e. The van der Waals surface area contributed by atoms with Crippen LogP contribution in [0.3, 0.4) is 0 Å². The van der Waals surface area contributed by atoms with E-state index in [0.717, 1.165) is 47.6 Å². The van der Waals surface area contributed by atoms with Gasteiger partial charge in [0.25, 0.3) is 10.0 Å². The highest BCUT2D eigenvalue weighted by Gasteiger charge is 2.54. The Morgan fingerprint density at radius 1 is 1.23 bits per heavy atom. The minimum Gasteiger partial charge on any atom is -0.484 e. The van der Waals surface area contributed by atoms with Crippen LogP contribution < -0.4 is 14.4 Å². The molecule has 0 saturated carbocycles. The first-order valence-electron chi connectivity index (χ1n) is 12.3. The highest BCUT2D eigenvalue weighted by molar-refractivity contribution is 7.92. The van der Waals surface area contributed by atoms with Crippen LogP contribution in [0.25, 0.3) is 0 Å². The first kappa shape index (κ1) is 29.9. The minimum absolute atomic E-state index is 0.0182. The number of hydrogen-bond acceptors (Lipinski definition) is 5. The molecule has 216 valence electrons. The van der Waals surface area contributed by atoms with Crippen LogP contribution in [0.15, 0.2) is 71.2 Å². The Bertz CT molecular complexity index is 1440. The molecule has 1 N–H and O–H groups in total. The summed E-state index contributed by atoms with van der Waals surface area (Å²) in [4.78, 5) is 13.1. The summed E-state index contributed by atoms with van der Waals surface area (Å²) in [6.07, 6.45) is -2.44. The van der Waals surface area contributed by atoms with Crippen LogP contribution in [0.2, 0.25) is 0 Å². The second-order valence-corrected chi connectivity index (χ2v) is 12.1. The maximum Gasteiger partial charge on any atom is 0.413 e. The fraction of sp³-hybridized carbons (Fsp3) is 0.370. The third kappa shape index (κ3) is 5.84. The molecule has 2 aliphatic rings. The molecule has 0 radical (unpaired) electrons. The number of carbonyl (C=O) groups excluding carboxylic acids is 1. The number of carbonyl (C=O) groups is 1. The summed E-state index contributed by atoms with van der Waals surface area (Å²) in [7, 11) is -4.25. The van der Waals surface area contributed by atoms with E-state index >= 15 is 0 Å². The average molecular weight is 603 g/mol. The van der Waals surface area contributed by atoms with Gasteiger partial charge in [-0.25, -0.2) is 12.8 Å². The molecule has 40 heavy (non-hydrogen) atoms. The van der Waals surface area contributed by atoms with Gasteiger partial charge in [0.05, 0.1) is 46.2 Å². The van der Waals surface area contributed by atoms with Gasteiger partial charge in [-0.15, -0.1) is 11.6 Å². The molecule has 1 heterocycles. The zero-order valence-corrected chi connectivity index (χ0v) is 23.3. The van der Waals surface area contributed by atoms with Crippen molar-refractivity contribution in [3.05, 3.63) is 72.1 Å². The van der Waals surface area contributed by atoms with Gasteiger partial charge in [0.2, 0.25) is 5.91 Å². The van der Waals surface area contributed by atoms with E-state index in [1.54, 1.807) is 0 Å². The highest BCUT2D eigenvalue weighted by atomic mass is 35.5. The van der Waals surface area contributed by atoms with Crippen molar-refractivity contribution >= 4 is 38.9 Å². The van der Waals surface area contributed by atoms with E-state index in [2.05, 4.69) is 5.32 Å². The van der Waals surface area contributed by atoms with Crippen molar-refractivity contribution in [2.45, 2.75) is 49.4 Å². The number of rotatable bonds is 7. The fourth-order valence-corrected chi connectivity index (χ4v) is 6.20. The van der Waals surface area contributed by atoms with Gasteiger partial charge < -0.3 is 14.8 Å². The van der Waals surface area contributed by atoms with E-state index in [1.165, 1.54) is 24.3 Å². The van der Waals surface area contributed by atoms with E-state index in [1.807, 2.05) is 13.8 Å². The van der Waals surface area contributed by atoms with Crippen LogP contribution in [0.4, 0.5) is 28.9 Å². The molecule has 0 aromatic heterocycles. The van der Waals surface area contributed by atoms with Crippen molar-refractivity contribution < 1.29 is 40.2 Å². The lowest BCUT2D eigenvalue weighted by Gasteiger charge is -2.37. The van der Waals surface area contributed by atoms with Gasteiger partial charge in [0.1, 0.15) is 17.7 Å². The van der Waals surface area contributed by atoms with Crippen molar-refractivity contribution in [3.8, 4) is 5.75 Å². The van der Waals surface area contributed by atoms with Crippen molar-refractivity contribution in [1.82, 2.24) is 0 Å². The normalized spacial score (nSPS) is 22.9. The van der Waals surface area contributed by atoms with Crippen molar-refractivity contribution in [1.29, 1.82) is 0 Å².